The monoisotopic (exact) mass is 332 g/mol. The summed E-state index contributed by atoms with van der Waals surface area (Å²) in [6.45, 7) is 3.72. The Hall–Kier alpha value is -1.43. The summed E-state index contributed by atoms with van der Waals surface area (Å²) in [5.41, 5.74) is 0.927. The van der Waals surface area contributed by atoms with Gasteiger partial charge in [0.05, 0.1) is 18.8 Å². The second kappa shape index (κ2) is 8.60. The smallest absolute Gasteiger partial charge is 0.240 e. The fraction of sp³-hybridized carbons (Fsp3) is 0.632. The van der Waals surface area contributed by atoms with Gasteiger partial charge in [0.25, 0.3) is 0 Å². The summed E-state index contributed by atoms with van der Waals surface area (Å²) >= 11 is 0. The van der Waals surface area contributed by atoms with Gasteiger partial charge in [0, 0.05) is 39.0 Å². The number of nitrogens with zero attached hydrogens (tertiary/aromatic N) is 2. The van der Waals surface area contributed by atoms with E-state index in [-0.39, 0.29) is 18.1 Å². The fourth-order valence-electron chi connectivity index (χ4n) is 3.45. The second-order valence-electron chi connectivity index (χ2n) is 6.75. The standard InChI is InChI=1S/C19H28N2O3/c1-20(16-7-3-2-4-8-16)19(22)15-21(13-17-9-5-11-23-17)14-18-10-6-12-24-18/h2-4,7-8,17-18H,5-6,9-15H2,1H3/t17-,18-/m0/s1. The molecule has 1 aromatic carbocycles. The molecule has 0 unspecified atom stereocenters. The average molecular weight is 332 g/mol. The maximum Gasteiger partial charge on any atom is 0.240 e. The van der Waals surface area contributed by atoms with Crippen LogP contribution in [0, 0.1) is 0 Å². The van der Waals surface area contributed by atoms with Crippen molar-refractivity contribution in [2.24, 2.45) is 0 Å². The Morgan fingerprint density at radius 3 is 2.12 bits per heavy atom. The van der Waals surface area contributed by atoms with E-state index in [9.17, 15) is 4.79 Å². The summed E-state index contributed by atoms with van der Waals surface area (Å²) in [4.78, 5) is 16.7. The van der Waals surface area contributed by atoms with E-state index in [4.69, 9.17) is 9.47 Å². The predicted octanol–water partition coefficient (Wildman–Crippen LogP) is 2.31. The van der Waals surface area contributed by atoms with Crippen LogP contribution in [0.5, 0.6) is 0 Å². The van der Waals surface area contributed by atoms with Crippen molar-refractivity contribution in [1.82, 2.24) is 4.90 Å². The molecular formula is C19H28N2O3. The molecule has 2 atom stereocenters. The maximum absolute atomic E-state index is 12.7. The van der Waals surface area contributed by atoms with E-state index in [1.165, 1.54) is 0 Å². The van der Waals surface area contributed by atoms with Crippen LogP contribution in [0.2, 0.25) is 0 Å². The van der Waals surface area contributed by atoms with Crippen molar-refractivity contribution in [3.8, 4) is 0 Å². The maximum atomic E-state index is 12.7. The molecule has 3 rings (SSSR count). The van der Waals surface area contributed by atoms with Crippen molar-refractivity contribution in [2.75, 3.05) is 44.8 Å². The number of para-hydroxylation sites is 1. The Morgan fingerprint density at radius 2 is 1.62 bits per heavy atom. The van der Waals surface area contributed by atoms with Crippen LogP contribution in [0.3, 0.4) is 0 Å². The zero-order chi connectivity index (χ0) is 16.8. The third-order valence-electron chi connectivity index (χ3n) is 4.85. The number of anilines is 1. The van der Waals surface area contributed by atoms with Gasteiger partial charge in [0.15, 0.2) is 0 Å². The molecule has 1 aromatic rings. The first kappa shape index (κ1) is 17.4. The van der Waals surface area contributed by atoms with Crippen molar-refractivity contribution < 1.29 is 14.3 Å². The SMILES string of the molecule is CN(C(=O)CN(C[C@@H]1CCCO1)C[C@@H]1CCCO1)c1ccccc1. The first-order valence-corrected chi connectivity index (χ1v) is 8.99. The summed E-state index contributed by atoms with van der Waals surface area (Å²) in [6, 6.07) is 9.79. The van der Waals surface area contributed by atoms with E-state index >= 15 is 0 Å². The zero-order valence-corrected chi connectivity index (χ0v) is 14.5. The third-order valence-corrected chi connectivity index (χ3v) is 4.85. The number of carbonyl (C=O) groups is 1. The molecule has 2 heterocycles. The normalized spacial score (nSPS) is 23.8. The van der Waals surface area contributed by atoms with Crippen LogP contribution >= 0.6 is 0 Å². The predicted molar refractivity (Wildman–Crippen MR) is 94.2 cm³/mol. The lowest BCUT2D eigenvalue weighted by atomic mass is 10.2. The highest BCUT2D eigenvalue weighted by Gasteiger charge is 2.26. The number of likely N-dealkylation sites (N-methyl/N-ethyl adjacent to an activating group) is 1. The van der Waals surface area contributed by atoms with Crippen LogP contribution in [-0.4, -0.2) is 62.9 Å². The molecule has 0 spiro atoms. The van der Waals surface area contributed by atoms with Crippen molar-refractivity contribution in [1.29, 1.82) is 0 Å². The molecule has 0 aliphatic carbocycles. The molecule has 0 aromatic heterocycles. The number of rotatable bonds is 7. The molecule has 0 bridgehead atoms. The van der Waals surface area contributed by atoms with Crippen LogP contribution in [0.1, 0.15) is 25.7 Å². The lowest BCUT2D eigenvalue weighted by molar-refractivity contribution is -0.120. The van der Waals surface area contributed by atoms with Gasteiger partial charge in [0.1, 0.15) is 0 Å². The summed E-state index contributed by atoms with van der Waals surface area (Å²) in [6.07, 6.45) is 4.92. The van der Waals surface area contributed by atoms with E-state index in [0.29, 0.717) is 6.54 Å². The van der Waals surface area contributed by atoms with E-state index in [1.54, 1.807) is 4.90 Å². The number of ether oxygens (including phenoxy) is 2. The van der Waals surface area contributed by atoms with Gasteiger partial charge in [-0.1, -0.05) is 18.2 Å². The van der Waals surface area contributed by atoms with Crippen LogP contribution < -0.4 is 4.90 Å². The first-order chi connectivity index (χ1) is 11.7. The van der Waals surface area contributed by atoms with Gasteiger partial charge in [-0.05, 0) is 37.8 Å². The van der Waals surface area contributed by atoms with E-state index < -0.39 is 0 Å². The number of hydrogen-bond acceptors (Lipinski definition) is 4. The van der Waals surface area contributed by atoms with Gasteiger partial charge >= 0.3 is 0 Å². The number of hydrogen-bond donors (Lipinski definition) is 0. The first-order valence-electron chi connectivity index (χ1n) is 8.99. The molecular weight excluding hydrogens is 304 g/mol. The van der Waals surface area contributed by atoms with Gasteiger partial charge in [-0.15, -0.1) is 0 Å². The Balaban J connectivity index is 1.59. The minimum Gasteiger partial charge on any atom is -0.377 e. The van der Waals surface area contributed by atoms with Crippen LogP contribution in [0.25, 0.3) is 0 Å². The fourth-order valence-corrected chi connectivity index (χ4v) is 3.45. The van der Waals surface area contributed by atoms with Crippen LogP contribution in [-0.2, 0) is 14.3 Å². The topological polar surface area (TPSA) is 42.0 Å². The molecule has 24 heavy (non-hydrogen) atoms. The van der Waals surface area contributed by atoms with Crippen molar-refractivity contribution >= 4 is 11.6 Å². The van der Waals surface area contributed by atoms with E-state index in [1.807, 2.05) is 37.4 Å². The highest BCUT2D eigenvalue weighted by atomic mass is 16.5. The summed E-state index contributed by atoms with van der Waals surface area (Å²) < 4.78 is 11.5. The molecule has 0 N–H and O–H groups in total. The molecule has 0 saturated carbocycles. The molecule has 5 heteroatoms. The third kappa shape index (κ3) is 4.79. The Morgan fingerprint density at radius 1 is 1.04 bits per heavy atom. The van der Waals surface area contributed by atoms with E-state index in [2.05, 4.69) is 4.90 Å². The molecule has 5 nitrogen and oxygen atoms in total. The van der Waals surface area contributed by atoms with Crippen molar-refractivity contribution in [3.63, 3.8) is 0 Å². The molecule has 0 radical (unpaired) electrons. The number of benzene rings is 1. The molecule has 2 saturated heterocycles. The summed E-state index contributed by atoms with van der Waals surface area (Å²) in [5, 5.41) is 0. The highest BCUT2D eigenvalue weighted by molar-refractivity contribution is 5.94. The van der Waals surface area contributed by atoms with Crippen LogP contribution in [0.15, 0.2) is 30.3 Å². The summed E-state index contributed by atoms with van der Waals surface area (Å²) in [5.74, 6) is 0.109. The van der Waals surface area contributed by atoms with Gasteiger partial charge in [-0.2, -0.15) is 0 Å². The Bertz CT molecular complexity index is 493. The summed E-state index contributed by atoms with van der Waals surface area (Å²) in [7, 11) is 1.84. The molecule has 2 fully saturated rings. The lowest BCUT2D eigenvalue weighted by Crippen LogP contribution is -2.44. The largest absolute Gasteiger partial charge is 0.377 e. The highest BCUT2D eigenvalue weighted by Crippen LogP contribution is 2.18. The number of carbonyl (C=O) groups excluding carboxylic acids is 1. The van der Waals surface area contributed by atoms with Gasteiger partial charge in [0.2, 0.25) is 5.91 Å². The minimum absolute atomic E-state index is 0.109. The van der Waals surface area contributed by atoms with Crippen molar-refractivity contribution in [3.05, 3.63) is 30.3 Å². The molecule has 2 aliphatic rings. The Kier molecular flexibility index (Phi) is 6.24. The zero-order valence-electron chi connectivity index (χ0n) is 14.5. The molecule has 2 aliphatic heterocycles. The van der Waals surface area contributed by atoms with Gasteiger partial charge < -0.3 is 14.4 Å². The molecule has 1 amide bonds. The minimum atomic E-state index is 0.109. The second-order valence-corrected chi connectivity index (χ2v) is 6.75. The van der Waals surface area contributed by atoms with Crippen molar-refractivity contribution in [2.45, 2.75) is 37.9 Å². The average Bonchev–Trinajstić information content (AvgIpc) is 3.29. The van der Waals surface area contributed by atoms with Crippen LogP contribution in [0.4, 0.5) is 5.69 Å². The Labute approximate surface area is 144 Å². The van der Waals surface area contributed by atoms with Gasteiger partial charge in [-0.25, -0.2) is 0 Å². The quantitative estimate of drug-likeness (QED) is 0.768. The van der Waals surface area contributed by atoms with Gasteiger partial charge in [-0.3, -0.25) is 9.69 Å². The van der Waals surface area contributed by atoms with E-state index in [0.717, 1.165) is 57.7 Å². The number of amides is 1. The lowest BCUT2D eigenvalue weighted by Gasteiger charge is -2.29. The molecule has 132 valence electrons.